The Bertz CT molecular complexity index is 710. The standard InChI is InChI=1S/C22H30N2O3/c25-21(23-10-4-16-2-3-19-18(14-16)7-13-27-19)24-15-22(8-1-9-22)20(24)17-5-11-26-12-6-17/h2-3,14,17,20H,1,4-13,15H2,(H,23,25). The molecule has 27 heavy (non-hydrogen) atoms. The molecule has 2 saturated heterocycles. The predicted molar refractivity (Wildman–Crippen MR) is 103 cm³/mol. The number of nitrogens with one attached hydrogen (secondary N) is 1. The zero-order valence-corrected chi connectivity index (χ0v) is 16.0. The van der Waals surface area contributed by atoms with Crippen LogP contribution in [0.15, 0.2) is 18.2 Å². The molecule has 1 saturated carbocycles. The van der Waals surface area contributed by atoms with Crippen LogP contribution in [0, 0.1) is 11.3 Å². The molecule has 5 nitrogen and oxygen atoms in total. The van der Waals surface area contributed by atoms with E-state index in [2.05, 4.69) is 28.4 Å². The number of rotatable bonds is 4. The van der Waals surface area contributed by atoms with Crippen molar-refractivity contribution in [3.63, 3.8) is 0 Å². The van der Waals surface area contributed by atoms with E-state index >= 15 is 0 Å². The van der Waals surface area contributed by atoms with E-state index in [0.29, 0.717) is 23.9 Å². The first-order chi connectivity index (χ1) is 13.3. The van der Waals surface area contributed by atoms with Gasteiger partial charge in [-0.15, -0.1) is 0 Å². The summed E-state index contributed by atoms with van der Waals surface area (Å²) in [5.41, 5.74) is 3.01. The van der Waals surface area contributed by atoms with Gasteiger partial charge < -0.3 is 19.7 Å². The van der Waals surface area contributed by atoms with Crippen molar-refractivity contribution in [2.75, 3.05) is 32.9 Å². The average molecular weight is 370 g/mol. The Morgan fingerprint density at radius 1 is 1.22 bits per heavy atom. The van der Waals surface area contributed by atoms with Gasteiger partial charge in [0.2, 0.25) is 0 Å². The molecule has 0 bridgehead atoms. The lowest BCUT2D eigenvalue weighted by molar-refractivity contribution is -0.137. The summed E-state index contributed by atoms with van der Waals surface area (Å²) in [5, 5.41) is 3.18. The van der Waals surface area contributed by atoms with Gasteiger partial charge >= 0.3 is 6.03 Å². The van der Waals surface area contributed by atoms with Gasteiger partial charge in [-0.1, -0.05) is 18.6 Å². The third kappa shape index (κ3) is 3.10. The Labute approximate surface area is 161 Å². The molecule has 1 N–H and O–H groups in total. The molecule has 146 valence electrons. The van der Waals surface area contributed by atoms with Gasteiger partial charge in [0.05, 0.1) is 6.61 Å². The molecule has 2 amide bonds. The fourth-order valence-corrected chi connectivity index (χ4v) is 5.63. The molecular formula is C22H30N2O3. The fraction of sp³-hybridized carbons (Fsp3) is 0.682. The van der Waals surface area contributed by atoms with E-state index in [0.717, 1.165) is 57.8 Å². The second kappa shape index (κ2) is 7.01. The van der Waals surface area contributed by atoms with Crippen molar-refractivity contribution < 1.29 is 14.3 Å². The van der Waals surface area contributed by atoms with E-state index in [4.69, 9.17) is 9.47 Å². The molecule has 3 heterocycles. The number of hydrogen-bond donors (Lipinski definition) is 1. The highest BCUT2D eigenvalue weighted by atomic mass is 16.5. The first kappa shape index (κ1) is 17.4. The minimum atomic E-state index is 0.133. The van der Waals surface area contributed by atoms with Gasteiger partial charge in [-0.05, 0) is 55.2 Å². The number of amides is 2. The number of ether oxygens (including phenoxy) is 2. The van der Waals surface area contributed by atoms with E-state index in [9.17, 15) is 4.79 Å². The normalized spacial score (nSPS) is 26.1. The molecule has 1 aliphatic carbocycles. The van der Waals surface area contributed by atoms with E-state index in [1.165, 1.54) is 30.4 Å². The topological polar surface area (TPSA) is 50.8 Å². The maximum atomic E-state index is 12.8. The van der Waals surface area contributed by atoms with Crippen LogP contribution in [0.25, 0.3) is 0 Å². The van der Waals surface area contributed by atoms with Gasteiger partial charge in [-0.3, -0.25) is 0 Å². The first-order valence-electron chi connectivity index (χ1n) is 10.6. The molecule has 4 aliphatic rings. The Hall–Kier alpha value is -1.75. The van der Waals surface area contributed by atoms with Crippen molar-refractivity contribution in [2.24, 2.45) is 11.3 Å². The molecular weight excluding hydrogens is 340 g/mol. The second-order valence-corrected chi connectivity index (χ2v) is 8.76. The average Bonchev–Trinajstić information content (AvgIpc) is 3.08. The molecule has 5 rings (SSSR count). The lowest BCUT2D eigenvalue weighted by Crippen LogP contribution is -2.72. The summed E-state index contributed by atoms with van der Waals surface area (Å²) < 4.78 is 11.1. The van der Waals surface area contributed by atoms with Gasteiger partial charge in [0.1, 0.15) is 5.75 Å². The number of carbonyl (C=O) groups is 1. The molecule has 5 heteroatoms. The highest BCUT2D eigenvalue weighted by Gasteiger charge is 2.59. The molecule has 1 spiro atoms. The maximum Gasteiger partial charge on any atom is 0.317 e. The van der Waals surface area contributed by atoms with E-state index in [1.807, 2.05) is 0 Å². The van der Waals surface area contributed by atoms with Crippen LogP contribution in [-0.2, 0) is 17.6 Å². The Morgan fingerprint density at radius 3 is 2.85 bits per heavy atom. The summed E-state index contributed by atoms with van der Waals surface area (Å²) in [6, 6.07) is 6.98. The summed E-state index contributed by atoms with van der Waals surface area (Å²) in [6.07, 6.45) is 8.02. The SMILES string of the molecule is O=C(NCCc1ccc2c(c1)CCO2)N1CC2(CCC2)C1C1CCOCC1. The molecule has 1 aromatic rings. The minimum Gasteiger partial charge on any atom is -0.493 e. The van der Waals surface area contributed by atoms with Crippen LogP contribution in [0.2, 0.25) is 0 Å². The third-order valence-electron chi connectivity index (χ3n) is 7.21. The van der Waals surface area contributed by atoms with Crippen LogP contribution in [-0.4, -0.2) is 49.9 Å². The van der Waals surface area contributed by atoms with Crippen molar-refractivity contribution in [3.05, 3.63) is 29.3 Å². The molecule has 0 radical (unpaired) electrons. The number of nitrogens with zero attached hydrogens (tertiary/aromatic N) is 1. The number of benzene rings is 1. The van der Waals surface area contributed by atoms with Crippen molar-refractivity contribution in [1.29, 1.82) is 0 Å². The number of carbonyl (C=O) groups excluding carboxylic acids is 1. The van der Waals surface area contributed by atoms with Gasteiger partial charge in [-0.2, -0.15) is 0 Å². The lowest BCUT2D eigenvalue weighted by atomic mass is 9.54. The Kier molecular flexibility index (Phi) is 4.50. The summed E-state index contributed by atoms with van der Waals surface area (Å²) in [6.45, 7) is 4.16. The van der Waals surface area contributed by atoms with Gasteiger partial charge in [0, 0.05) is 44.2 Å². The fourth-order valence-electron chi connectivity index (χ4n) is 5.63. The van der Waals surface area contributed by atoms with Crippen molar-refractivity contribution in [2.45, 2.75) is 51.0 Å². The molecule has 1 unspecified atom stereocenters. The number of fused-ring (bicyclic) bond motifs is 1. The zero-order valence-electron chi connectivity index (χ0n) is 16.0. The van der Waals surface area contributed by atoms with Crippen LogP contribution in [0.5, 0.6) is 5.75 Å². The molecule has 1 aromatic carbocycles. The van der Waals surface area contributed by atoms with Gasteiger partial charge in [0.25, 0.3) is 0 Å². The summed E-state index contributed by atoms with van der Waals surface area (Å²) in [7, 11) is 0. The van der Waals surface area contributed by atoms with E-state index in [1.54, 1.807) is 0 Å². The Morgan fingerprint density at radius 2 is 2.07 bits per heavy atom. The largest absolute Gasteiger partial charge is 0.493 e. The minimum absolute atomic E-state index is 0.133. The molecule has 3 fully saturated rings. The Balaban J connectivity index is 1.17. The number of urea groups is 1. The monoisotopic (exact) mass is 370 g/mol. The molecule has 1 atom stereocenters. The van der Waals surface area contributed by atoms with Crippen molar-refractivity contribution in [3.8, 4) is 5.75 Å². The third-order valence-corrected chi connectivity index (χ3v) is 7.21. The van der Waals surface area contributed by atoms with Crippen molar-refractivity contribution >= 4 is 6.03 Å². The van der Waals surface area contributed by atoms with Gasteiger partial charge in [-0.25, -0.2) is 4.79 Å². The molecule has 0 aromatic heterocycles. The summed E-state index contributed by atoms with van der Waals surface area (Å²) >= 11 is 0. The number of hydrogen-bond acceptors (Lipinski definition) is 3. The van der Waals surface area contributed by atoms with Crippen LogP contribution >= 0.6 is 0 Å². The summed E-state index contributed by atoms with van der Waals surface area (Å²) in [4.78, 5) is 15.0. The molecule has 3 aliphatic heterocycles. The highest BCUT2D eigenvalue weighted by molar-refractivity contribution is 5.76. The van der Waals surface area contributed by atoms with E-state index < -0.39 is 0 Å². The zero-order chi connectivity index (χ0) is 18.3. The second-order valence-electron chi connectivity index (χ2n) is 8.76. The first-order valence-corrected chi connectivity index (χ1v) is 10.6. The number of likely N-dealkylation sites (tertiary alicyclic amines) is 1. The van der Waals surface area contributed by atoms with E-state index in [-0.39, 0.29) is 6.03 Å². The maximum absolute atomic E-state index is 12.8. The van der Waals surface area contributed by atoms with Gasteiger partial charge in [0.15, 0.2) is 0 Å². The predicted octanol–water partition coefficient (Wildman–Crippen LogP) is 3.15. The van der Waals surface area contributed by atoms with Crippen LogP contribution < -0.4 is 10.1 Å². The van der Waals surface area contributed by atoms with Crippen LogP contribution in [0.4, 0.5) is 4.79 Å². The lowest BCUT2D eigenvalue weighted by Gasteiger charge is -2.64. The van der Waals surface area contributed by atoms with Crippen molar-refractivity contribution in [1.82, 2.24) is 10.2 Å². The smallest absolute Gasteiger partial charge is 0.317 e. The highest BCUT2D eigenvalue weighted by Crippen LogP contribution is 2.56. The quantitative estimate of drug-likeness (QED) is 0.886. The van der Waals surface area contributed by atoms with Crippen LogP contribution in [0.1, 0.15) is 43.2 Å². The summed E-state index contributed by atoms with van der Waals surface area (Å²) in [5.74, 6) is 1.64. The van der Waals surface area contributed by atoms with Crippen LogP contribution in [0.3, 0.4) is 0 Å².